The SMILES string of the molecule is CC1=NC(/C=C(\C)[C@@H]2C/C=C(/C(F)(F)F)C/C=C/[C@H](C)[C@H](O)[C@@H](C)C(=O)C(C)(C)[C@@H](O)CC(=O)O2)CS1. The monoisotopic (exact) mass is 545 g/mol. The highest BCUT2D eigenvalue weighted by Crippen LogP contribution is 2.33. The number of nitrogens with zero attached hydrogens (tertiary/aromatic N) is 1. The van der Waals surface area contributed by atoms with E-state index in [2.05, 4.69) is 4.99 Å². The maximum Gasteiger partial charge on any atom is 0.412 e. The van der Waals surface area contributed by atoms with Crippen LogP contribution in [-0.4, -0.2) is 63.3 Å². The summed E-state index contributed by atoms with van der Waals surface area (Å²) in [7, 11) is 0. The summed E-state index contributed by atoms with van der Waals surface area (Å²) in [6.07, 6.45) is -3.75. The van der Waals surface area contributed by atoms with Crippen LogP contribution >= 0.6 is 11.8 Å². The predicted octanol–water partition coefficient (Wildman–Crippen LogP) is 5.20. The molecule has 2 rings (SSSR count). The lowest BCUT2D eigenvalue weighted by atomic mass is 9.73. The topological polar surface area (TPSA) is 96.2 Å². The van der Waals surface area contributed by atoms with Gasteiger partial charge in [-0.25, -0.2) is 0 Å². The minimum Gasteiger partial charge on any atom is -0.457 e. The molecule has 0 saturated heterocycles. The van der Waals surface area contributed by atoms with Gasteiger partial charge in [0.25, 0.3) is 0 Å². The minimum atomic E-state index is -4.60. The molecule has 0 aromatic rings. The maximum absolute atomic E-state index is 13.8. The van der Waals surface area contributed by atoms with E-state index in [-0.39, 0.29) is 12.5 Å². The van der Waals surface area contributed by atoms with Gasteiger partial charge >= 0.3 is 12.1 Å². The molecule has 0 aromatic carbocycles. The fraction of sp³-hybridized carbons (Fsp3) is 0.667. The predicted molar refractivity (Wildman–Crippen MR) is 139 cm³/mol. The third kappa shape index (κ3) is 8.55. The summed E-state index contributed by atoms with van der Waals surface area (Å²) >= 11 is 1.57. The number of carbonyl (C=O) groups excluding carboxylic acids is 2. The van der Waals surface area contributed by atoms with Crippen molar-refractivity contribution in [2.75, 3.05) is 5.75 Å². The first-order valence-corrected chi connectivity index (χ1v) is 13.4. The molecular weight excluding hydrogens is 507 g/mol. The Hall–Kier alpha value is -1.91. The first-order chi connectivity index (χ1) is 17.0. The number of ketones is 1. The standard InChI is InChI=1S/C27H38F3NO5S/c1-15-8-7-9-19(27(28,29)30)10-11-21(16(2)12-20-14-37-18(4)31-20)36-23(33)13-22(32)26(5,6)25(35)17(3)24(15)34/h7-8,10,12,15,17,20-22,24,32,34H,9,11,13-14H2,1-6H3/b8-7+,16-12+,19-10+/t15-,17+,20?,21-,22-,24-/m0/s1. The van der Waals surface area contributed by atoms with E-state index in [1.54, 1.807) is 31.7 Å². The van der Waals surface area contributed by atoms with E-state index in [0.29, 0.717) is 11.3 Å². The van der Waals surface area contributed by atoms with E-state index in [9.17, 15) is 33.0 Å². The van der Waals surface area contributed by atoms with Crippen molar-refractivity contribution in [2.24, 2.45) is 22.2 Å². The number of alkyl halides is 3. The van der Waals surface area contributed by atoms with Gasteiger partial charge in [0.15, 0.2) is 0 Å². The second-order valence-electron chi connectivity index (χ2n) is 10.5. The highest BCUT2D eigenvalue weighted by molar-refractivity contribution is 8.14. The van der Waals surface area contributed by atoms with Crippen molar-refractivity contribution >= 4 is 28.6 Å². The molecule has 6 atom stereocenters. The van der Waals surface area contributed by atoms with E-state index in [4.69, 9.17) is 4.74 Å². The molecule has 0 spiro atoms. The number of Topliss-reactive ketones (excluding diaryl/α,β-unsaturated/α-hetero) is 1. The molecule has 10 heteroatoms. The Morgan fingerprint density at radius 1 is 1.24 bits per heavy atom. The number of aliphatic hydroxyl groups excluding tert-OH is 2. The van der Waals surface area contributed by atoms with E-state index >= 15 is 0 Å². The lowest BCUT2D eigenvalue weighted by Crippen LogP contribution is -2.45. The van der Waals surface area contributed by atoms with Gasteiger partial charge in [-0.05, 0) is 25.8 Å². The number of hydrogen-bond donors (Lipinski definition) is 2. The summed E-state index contributed by atoms with van der Waals surface area (Å²) < 4.78 is 46.8. The highest BCUT2D eigenvalue weighted by atomic mass is 32.2. The van der Waals surface area contributed by atoms with Crippen molar-refractivity contribution in [3.8, 4) is 0 Å². The second-order valence-corrected chi connectivity index (χ2v) is 11.7. The fourth-order valence-electron chi connectivity index (χ4n) is 4.41. The van der Waals surface area contributed by atoms with Crippen LogP contribution in [0.4, 0.5) is 13.2 Å². The molecule has 0 radical (unpaired) electrons. The number of esters is 1. The minimum absolute atomic E-state index is 0.172. The molecule has 2 N–H and O–H groups in total. The number of rotatable bonds is 2. The van der Waals surface area contributed by atoms with Crippen molar-refractivity contribution in [3.05, 3.63) is 35.5 Å². The normalized spacial score (nSPS) is 35.4. The molecule has 0 bridgehead atoms. The molecular formula is C27H38F3NO5S. The lowest BCUT2D eigenvalue weighted by molar-refractivity contribution is -0.154. The van der Waals surface area contributed by atoms with Crippen LogP contribution in [0.2, 0.25) is 0 Å². The largest absolute Gasteiger partial charge is 0.457 e. The third-order valence-electron chi connectivity index (χ3n) is 7.06. The van der Waals surface area contributed by atoms with E-state index in [0.717, 1.165) is 11.1 Å². The average Bonchev–Trinajstić information content (AvgIpc) is 3.21. The second kappa shape index (κ2) is 12.8. The summed E-state index contributed by atoms with van der Waals surface area (Å²) in [5, 5.41) is 22.3. The van der Waals surface area contributed by atoms with Crippen LogP contribution in [0.15, 0.2) is 40.4 Å². The van der Waals surface area contributed by atoms with Crippen LogP contribution in [-0.2, 0) is 14.3 Å². The van der Waals surface area contributed by atoms with Gasteiger partial charge in [-0.3, -0.25) is 14.6 Å². The zero-order chi connectivity index (χ0) is 28.1. The average molecular weight is 546 g/mol. The molecule has 0 saturated carbocycles. The Morgan fingerprint density at radius 3 is 2.46 bits per heavy atom. The number of hydrogen-bond acceptors (Lipinski definition) is 7. The molecule has 1 unspecified atom stereocenters. The zero-order valence-electron chi connectivity index (χ0n) is 22.2. The molecule has 6 nitrogen and oxygen atoms in total. The summed E-state index contributed by atoms with van der Waals surface area (Å²) in [6, 6.07) is -0.172. The van der Waals surface area contributed by atoms with E-state index in [1.807, 2.05) is 6.92 Å². The molecule has 37 heavy (non-hydrogen) atoms. The summed E-state index contributed by atoms with van der Waals surface area (Å²) in [4.78, 5) is 30.4. The van der Waals surface area contributed by atoms with Crippen LogP contribution in [0.25, 0.3) is 0 Å². The maximum atomic E-state index is 13.8. The molecule has 208 valence electrons. The number of aliphatic imine (C=N–C) groups is 1. The van der Waals surface area contributed by atoms with Crippen molar-refractivity contribution in [1.82, 2.24) is 0 Å². The molecule has 2 aliphatic rings. The first kappa shape index (κ1) is 31.3. The van der Waals surface area contributed by atoms with Crippen molar-refractivity contribution < 1.29 is 37.7 Å². The van der Waals surface area contributed by atoms with E-state index in [1.165, 1.54) is 32.9 Å². The Balaban J connectivity index is 2.47. The number of cyclic esters (lactones) is 1. The Kier molecular flexibility index (Phi) is 10.8. The summed E-state index contributed by atoms with van der Waals surface area (Å²) in [5.41, 5.74) is -1.61. The van der Waals surface area contributed by atoms with Crippen LogP contribution in [0.1, 0.15) is 60.8 Å². The van der Waals surface area contributed by atoms with Gasteiger partial charge in [-0.15, -0.1) is 11.8 Å². The van der Waals surface area contributed by atoms with Crippen molar-refractivity contribution in [3.63, 3.8) is 0 Å². The van der Waals surface area contributed by atoms with Crippen molar-refractivity contribution in [2.45, 2.75) is 91.3 Å². The first-order valence-electron chi connectivity index (χ1n) is 12.4. The quantitative estimate of drug-likeness (QED) is 0.366. The number of ether oxygens (including phenoxy) is 1. The summed E-state index contributed by atoms with van der Waals surface area (Å²) in [5.74, 6) is -2.12. The molecule has 0 aromatic heterocycles. The Morgan fingerprint density at radius 2 is 1.89 bits per heavy atom. The van der Waals surface area contributed by atoms with Crippen LogP contribution in [0, 0.1) is 17.3 Å². The van der Waals surface area contributed by atoms with Gasteiger partial charge in [0.1, 0.15) is 11.9 Å². The number of carbonyl (C=O) groups is 2. The van der Waals surface area contributed by atoms with Crippen molar-refractivity contribution in [1.29, 1.82) is 0 Å². The smallest absolute Gasteiger partial charge is 0.412 e. The highest BCUT2D eigenvalue weighted by Gasteiger charge is 2.42. The zero-order valence-corrected chi connectivity index (χ0v) is 23.0. The van der Waals surface area contributed by atoms with Gasteiger partial charge in [-0.1, -0.05) is 52.0 Å². The molecule has 0 aliphatic carbocycles. The fourth-order valence-corrected chi connectivity index (χ4v) is 5.20. The lowest BCUT2D eigenvalue weighted by Gasteiger charge is -2.34. The molecule has 0 fully saturated rings. The van der Waals surface area contributed by atoms with E-state index < -0.39 is 71.9 Å². The van der Waals surface area contributed by atoms with Gasteiger partial charge in [-0.2, -0.15) is 13.2 Å². The Labute approximate surface area is 221 Å². The number of allylic oxidation sites excluding steroid dienone is 2. The molecule has 2 heterocycles. The van der Waals surface area contributed by atoms with Gasteiger partial charge < -0.3 is 14.9 Å². The van der Waals surface area contributed by atoms with Gasteiger partial charge in [0.05, 0.1) is 35.1 Å². The molecule has 0 amide bonds. The number of halogens is 3. The van der Waals surface area contributed by atoms with Crippen LogP contribution in [0.3, 0.4) is 0 Å². The van der Waals surface area contributed by atoms with Gasteiger partial charge in [0, 0.05) is 29.6 Å². The van der Waals surface area contributed by atoms with Gasteiger partial charge in [0.2, 0.25) is 0 Å². The van der Waals surface area contributed by atoms with Crippen LogP contribution < -0.4 is 0 Å². The number of thioether (sulfide) groups is 1. The van der Waals surface area contributed by atoms with Crippen LogP contribution in [0.5, 0.6) is 0 Å². The number of aliphatic hydroxyl groups is 2. The molecule has 2 aliphatic heterocycles. The summed E-state index contributed by atoms with van der Waals surface area (Å²) in [6.45, 7) is 9.67. The Bertz CT molecular complexity index is 970. The third-order valence-corrected chi connectivity index (χ3v) is 8.09.